The molecule has 1 aliphatic rings. The number of piperazine rings is 1. The molecule has 170 valence electrons. The highest BCUT2D eigenvalue weighted by Crippen LogP contribution is 2.31. The van der Waals surface area contributed by atoms with Crippen LogP contribution in [0.25, 0.3) is 22.5 Å². The third-order valence-corrected chi connectivity index (χ3v) is 6.13. The van der Waals surface area contributed by atoms with Crippen LogP contribution >= 0.6 is 0 Å². The van der Waals surface area contributed by atoms with E-state index in [0.29, 0.717) is 26.2 Å². The maximum atomic E-state index is 12.8. The molecule has 0 unspecified atom stereocenters. The number of nitrogens with zero attached hydrogens (tertiary/aromatic N) is 4. The molecule has 0 bridgehead atoms. The average molecular weight is 451 g/mol. The van der Waals surface area contributed by atoms with Gasteiger partial charge in [0.15, 0.2) is 0 Å². The molecular formula is C28H26N4O2. The highest BCUT2D eigenvalue weighted by Gasteiger charge is 2.24. The molecule has 3 aromatic carbocycles. The van der Waals surface area contributed by atoms with Gasteiger partial charge in [-0.3, -0.25) is 9.78 Å². The number of carbonyl (C=O) groups excluding carboxylic acids is 1. The second-order valence-corrected chi connectivity index (χ2v) is 8.29. The summed E-state index contributed by atoms with van der Waals surface area (Å²) in [6.07, 6.45) is 1.82. The van der Waals surface area contributed by atoms with Crippen molar-refractivity contribution in [3.8, 4) is 22.5 Å². The molecule has 0 radical (unpaired) electrons. The Labute approximate surface area is 199 Å². The van der Waals surface area contributed by atoms with Gasteiger partial charge in [0.2, 0.25) is 0 Å². The Hall–Kier alpha value is -4.03. The first-order chi connectivity index (χ1) is 16.7. The van der Waals surface area contributed by atoms with Crippen LogP contribution < -0.4 is 4.90 Å². The Bertz CT molecular complexity index is 1250. The summed E-state index contributed by atoms with van der Waals surface area (Å²) in [4.78, 5) is 26.7. The van der Waals surface area contributed by atoms with E-state index in [9.17, 15) is 9.90 Å². The van der Waals surface area contributed by atoms with Crippen molar-refractivity contribution in [3.63, 3.8) is 0 Å². The lowest BCUT2D eigenvalue weighted by Crippen LogP contribution is -2.49. The first-order valence-corrected chi connectivity index (χ1v) is 11.4. The minimum Gasteiger partial charge on any atom is -0.392 e. The Morgan fingerprint density at radius 3 is 2.03 bits per heavy atom. The summed E-state index contributed by atoms with van der Waals surface area (Å²) in [7, 11) is 0. The fourth-order valence-corrected chi connectivity index (χ4v) is 4.21. The van der Waals surface area contributed by atoms with Gasteiger partial charge in [0, 0.05) is 42.9 Å². The van der Waals surface area contributed by atoms with E-state index in [0.717, 1.165) is 39.5 Å². The van der Waals surface area contributed by atoms with Crippen molar-refractivity contribution in [1.82, 2.24) is 14.9 Å². The number of benzene rings is 3. The summed E-state index contributed by atoms with van der Waals surface area (Å²) in [5.74, 6) is 0.874. The second-order valence-electron chi connectivity index (χ2n) is 8.29. The molecule has 0 atom stereocenters. The predicted octanol–water partition coefficient (Wildman–Crippen LogP) is 4.27. The third kappa shape index (κ3) is 4.54. The van der Waals surface area contributed by atoms with E-state index >= 15 is 0 Å². The first kappa shape index (κ1) is 21.8. The topological polar surface area (TPSA) is 69.6 Å². The molecule has 2 heterocycles. The number of hydrogen-bond donors (Lipinski definition) is 1. The highest BCUT2D eigenvalue weighted by molar-refractivity contribution is 5.94. The number of rotatable bonds is 5. The number of aromatic nitrogens is 2. The molecule has 0 saturated carbocycles. The molecule has 1 N–H and O–H groups in total. The van der Waals surface area contributed by atoms with Crippen molar-refractivity contribution in [2.45, 2.75) is 6.61 Å². The van der Waals surface area contributed by atoms with E-state index in [1.54, 1.807) is 0 Å². The van der Waals surface area contributed by atoms with Crippen molar-refractivity contribution in [2.75, 3.05) is 31.1 Å². The largest absolute Gasteiger partial charge is 0.392 e. The summed E-state index contributed by atoms with van der Waals surface area (Å²) < 4.78 is 0. The van der Waals surface area contributed by atoms with Gasteiger partial charge in [0.05, 0.1) is 24.2 Å². The van der Waals surface area contributed by atoms with Crippen LogP contribution in [0.15, 0.2) is 91.1 Å². The molecule has 5 rings (SSSR count). The Kier molecular flexibility index (Phi) is 6.31. The van der Waals surface area contributed by atoms with Gasteiger partial charge < -0.3 is 14.9 Å². The van der Waals surface area contributed by atoms with Crippen LogP contribution in [0.2, 0.25) is 0 Å². The lowest BCUT2D eigenvalue weighted by atomic mass is 10.0. The average Bonchev–Trinajstić information content (AvgIpc) is 2.93. The van der Waals surface area contributed by atoms with Gasteiger partial charge in [0.1, 0.15) is 5.82 Å². The van der Waals surface area contributed by atoms with Crippen LogP contribution in [-0.2, 0) is 6.61 Å². The van der Waals surface area contributed by atoms with E-state index in [1.165, 1.54) is 0 Å². The number of anilines is 1. The van der Waals surface area contributed by atoms with Crippen LogP contribution in [0.3, 0.4) is 0 Å². The zero-order valence-electron chi connectivity index (χ0n) is 18.8. The molecule has 6 nitrogen and oxygen atoms in total. The van der Waals surface area contributed by atoms with Crippen LogP contribution in [0.1, 0.15) is 15.9 Å². The molecule has 1 saturated heterocycles. The monoisotopic (exact) mass is 450 g/mol. The number of aliphatic hydroxyl groups excluding tert-OH is 1. The van der Waals surface area contributed by atoms with Crippen LogP contribution in [-0.4, -0.2) is 52.1 Å². The summed E-state index contributed by atoms with van der Waals surface area (Å²) in [6, 6.07) is 27.2. The third-order valence-electron chi connectivity index (χ3n) is 6.13. The van der Waals surface area contributed by atoms with Gasteiger partial charge in [-0.25, -0.2) is 4.98 Å². The molecule has 6 heteroatoms. The second kappa shape index (κ2) is 9.85. The molecular weight excluding hydrogens is 424 g/mol. The molecule has 1 amide bonds. The SMILES string of the molecule is O=C(c1ccccc1)N1CCN(c2cnc(-c3ccc(CO)cc3)c(-c3ccccc3)n2)CC1. The Morgan fingerprint density at radius 2 is 1.38 bits per heavy atom. The summed E-state index contributed by atoms with van der Waals surface area (Å²) in [5, 5.41) is 9.37. The van der Waals surface area contributed by atoms with Crippen molar-refractivity contribution >= 4 is 11.7 Å². The highest BCUT2D eigenvalue weighted by atomic mass is 16.3. The zero-order chi connectivity index (χ0) is 23.3. The summed E-state index contributed by atoms with van der Waals surface area (Å²) in [6.45, 7) is 2.69. The van der Waals surface area contributed by atoms with E-state index in [4.69, 9.17) is 9.97 Å². The number of hydrogen-bond acceptors (Lipinski definition) is 5. The van der Waals surface area contributed by atoms with Gasteiger partial charge in [-0.2, -0.15) is 0 Å². The fraction of sp³-hybridized carbons (Fsp3) is 0.179. The van der Waals surface area contributed by atoms with Crippen LogP contribution in [0, 0.1) is 0 Å². The molecule has 4 aromatic rings. The number of amides is 1. The fourth-order valence-electron chi connectivity index (χ4n) is 4.21. The molecule has 34 heavy (non-hydrogen) atoms. The van der Waals surface area contributed by atoms with E-state index in [2.05, 4.69) is 4.90 Å². The van der Waals surface area contributed by atoms with Crippen LogP contribution in [0.4, 0.5) is 5.82 Å². The quantitative estimate of drug-likeness (QED) is 0.492. The van der Waals surface area contributed by atoms with Crippen LogP contribution in [0.5, 0.6) is 0 Å². The van der Waals surface area contributed by atoms with Crippen molar-refractivity contribution in [2.24, 2.45) is 0 Å². The molecule has 1 aromatic heterocycles. The molecule has 1 aliphatic heterocycles. The van der Waals surface area contributed by atoms with Gasteiger partial charge in [-0.15, -0.1) is 0 Å². The molecule has 0 aliphatic carbocycles. The predicted molar refractivity (Wildman–Crippen MR) is 133 cm³/mol. The molecule has 0 spiro atoms. The van der Waals surface area contributed by atoms with E-state index in [-0.39, 0.29) is 12.5 Å². The minimum absolute atomic E-state index is 0.00912. The molecule has 1 fully saturated rings. The van der Waals surface area contributed by atoms with E-state index < -0.39 is 0 Å². The van der Waals surface area contributed by atoms with Crippen molar-refractivity contribution < 1.29 is 9.90 Å². The zero-order valence-corrected chi connectivity index (χ0v) is 18.8. The first-order valence-electron chi connectivity index (χ1n) is 11.4. The lowest BCUT2D eigenvalue weighted by molar-refractivity contribution is 0.0746. The standard InChI is InChI=1S/C28H26N4O2/c33-20-21-11-13-23(14-12-21)26-27(22-7-3-1-4-8-22)30-25(19-29-26)31-15-17-32(18-16-31)28(34)24-9-5-2-6-10-24/h1-14,19,33H,15-18,20H2. The maximum Gasteiger partial charge on any atom is 0.253 e. The normalized spacial score (nSPS) is 13.7. The van der Waals surface area contributed by atoms with Gasteiger partial charge in [0.25, 0.3) is 5.91 Å². The maximum absolute atomic E-state index is 12.8. The Balaban J connectivity index is 1.40. The smallest absolute Gasteiger partial charge is 0.253 e. The lowest BCUT2D eigenvalue weighted by Gasteiger charge is -2.35. The summed E-state index contributed by atoms with van der Waals surface area (Å²) >= 11 is 0. The number of aliphatic hydroxyl groups is 1. The summed E-state index contributed by atoms with van der Waals surface area (Å²) in [5.41, 5.74) is 5.15. The van der Waals surface area contributed by atoms with Gasteiger partial charge >= 0.3 is 0 Å². The van der Waals surface area contributed by atoms with Crippen molar-refractivity contribution in [1.29, 1.82) is 0 Å². The Morgan fingerprint density at radius 1 is 0.765 bits per heavy atom. The van der Waals surface area contributed by atoms with Crippen molar-refractivity contribution in [3.05, 3.63) is 102 Å². The van der Waals surface area contributed by atoms with E-state index in [1.807, 2.05) is 96.0 Å². The number of carbonyl (C=O) groups is 1. The van der Waals surface area contributed by atoms with Gasteiger partial charge in [-0.05, 0) is 17.7 Å². The van der Waals surface area contributed by atoms with Gasteiger partial charge in [-0.1, -0.05) is 72.8 Å². The minimum atomic E-state index is 0.00912.